The minimum atomic E-state index is -0.0752. The molecule has 1 aromatic carbocycles. The third-order valence-electron chi connectivity index (χ3n) is 5.05. The number of hydrogen-bond acceptors (Lipinski definition) is 2. The van der Waals surface area contributed by atoms with E-state index in [1.54, 1.807) is 6.07 Å². The fourth-order valence-electron chi connectivity index (χ4n) is 3.29. The van der Waals surface area contributed by atoms with Gasteiger partial charge in [0.1, 0.15) is 5.82 Å². The Labute approximate surface area is 128 Å². The van der Waals surface area contributed by atoms with Crippen molar-refractivity contribution in [3.05, 3.63) is 29.6 Å². The Hall–Kier alpha value is -1.09. The van der Waals surface area contributed by atoms with Crippen LogP contribution in [0.25, 0.3) is 0 Å². The minimum absolute atomic E-state index is 0.0752. The van der Waals surface area contributed by atoms with Crippen molar-refractivity contribution in [2.75, 3.05) is 24.5 Å². The van der Waals surface area contributed by atoms with Gasteiger partial charge in [-0.05, 0) is 55.3 Å². The largest absolute Gasteiger partial charge is 0.369 e. The Morgan fingerprint density at radius 1 is 1.24 bits per heavy atom. The molecule has 2 nitrogen and oxygen atoms in total. The van der Waals surface area contributed by atoms with Gasteiger partial charge in [-0.1, -0.05) is 26.8 Å². The smallest absolute Gasteiger partial charge is 0.146 e. The predicted octanol–water partition coefficient (Wildman–Crippen LogP) is 4.34. The average Bonchev–Trinajstić information content (AvgIpc) is 2.93. The van der Waals surface area contributed by atoms with Crippen LogP contribution in [0.3, 0.4) is 0 Å². The van der Waals surface area contributed by atoms with E-state index in [-0.39, 0.29) is 5.82 Å². The van der Waals surface area contributed by atoms with Gasteiger partial charge in [-0.15, -0.1) is 0 Å². The first-order chi connectivity index (χ1) is 10.1. The first-order valence-electron chi connectivity index (χ1n) is 8.38. The minimum Gasteiger partial charge on any atom is -0.369 e. The summed E-state index contributed by atoms with van der Waals surface area (Å²) in [5, 5.41) is 3.32. The summed E-state index contributed by atoms with van der Waals surface area (Å²) in [6, 6.07) is 5.70. The maximum Gasteiger partial charge on any atom is 0.146 e. The van der Waals surface area contributed by atoms with E-state index in [1.807, 2.05) is 6.07 Å². The summed E-state index contributed by atoms with van der Waals surface area (Å²) in [7, 11) is 0. The summed E-state index contributed by atoms with van der Waals surface area (Å²) in [6.07, 6.45) is 4.64. The van der Waals surface area contributed by atoms with E-state index < -0.39 is 0 Å². The SMILES string of the molecule is CCCNCc1ccc(N2CCC(CC)(CC)C2)c(F)c1. The van der Waals surface area contributed by atoms with Crippen LogP contribution in [0.5, 0.6) is 0 Å². The third-order valence-corrected chi connectivity index (χ3v) is 5.05. The van der Waals surface area contributed by atoms with Gasteiger partial charge in [0.05, 0.1) is 5.69 Å². The molecule has 118 valence electrons. The van der Waals surface area contributed by atoms with Crippen LogP contribution >= 0.6 is 0 Å². The van der Waals surface area contributed by atoms with Crippen LogP contribution < -0.4 is 10.2 Å². The van der Waals surface area contributed by atoms with Crippen molar-refractivity contribution in [2.45, 2.75) is 53.0 Å². The molecule has 1 heterocycles. The first-order valence-corrected chi connectivity index (χ1v) is 8.38. The van der Waals surface area contributed by atoms with E-state index in [0.717, 1.165) is 43.9 Å². The molecule has 2 rings (SSSR count). The molecule has 1 aromatic rings. The van der Waals surface area contributed by atoms with Gasteiger partial charge in [-0.25, -0.2) is 4.39 Å². The molecule has 1 N–H and O–H groups in total. The van der Waals surface area contributed by atoms with Crippen LogP contribution in [0.4, 0.5) is 10.1 Å². The Bertz CT molecular complexity index is 455. The Kier molecular flexibility index (Phi) is 5.63. The van der Waals surface area contributed by atoms with E-state index in [1.165, 1.54) is 19.3 Å². The molecular weight excluding hydrogens is 263 g/mol. The lowest BCUT2D eigenvalue weighted by Gasteiger charge is -2.27. The van der Waals surface area contributed by atoms with Crippen LogP contribution in [0.1, 0.15) is 52.0 Å². The maximum atomic E-state index is 14.4. The molecule has 0 atom stereocenters. The lowest BCUT2D eigenvalue weighted by molar-refractivity contribution is 0.301. The van der Waals surface area contributed by atoms with Crippen molar-refractivity contribution in [3.8, 4) is 0 Å². The topological polar surface area (TPSA) is 15.3 Å². The average molecular weight is 292 g/mol. The van der Waals surface area contributed by atoms with E-state index in [4.69, 9.17) is 0 Å². The highest BCUT2D eigenvalue weighted by atomic mass is 19.1. The Morgan fingerprint density at radius 3 is 2.57 bits per heavy atom. The molecular formula is C18H29FN2. The zero-order chi connectivity index (χ0) is 15.3. The summed E-state index contributed by atoms with van der Waals surface area (Å²) in [5.74, 6) is -0.0752. The van der Waals surface area contributed by atoms with Crippen LogP contribution in [0, 0.1) is 11.2 Å². The number of nitrogens with zero attached hydrogens (tertiary/aromatic N) is 1. The molecule has 21 heavy (non-hydrogen) atoms. The quantitative estimate of drug-likeness (QED) is 0.752. The summed E-state index contributed by atoms with van der Waals surface area (Å²) in [4.78, 5) is 2.23. The van der Waals surface area contributed by atoms with Crippen molar-refractivity contribution in [3.63, 3.8) is 0 Å². The fourth-order valence-corrected chi connectivity index (χ4v) is 3.29. The van der Waals surface area contributed by atoms with Gasteiger partial charge in [-0.3, -0.25) is 0 Å². The van der Waals surface area contributed by atoms with Gasteiger partial charge in [0.15, 0.2) is 0 Å². The number of nitrogens with one attached hydrogen (secondary N) is 1. The maximum absolute atomic E-state index is 14.4. The van der Waals surface area contributed by atoms with Crippen LogP contribution in [0.15, 0.2) is 18.2 Å². The highest BCUT2D eigenvalue weighted by Crippen LogP contribution is 2.39. The second-order valence-electron chi connectivity index (χ2n) is 6.34. The number of benzene rings is 1. The second kappa shape index (κ2) is 7.26. The standard InChI is InChI=1S/C18H29FN2/c1-4-10-20-13-15-7-8-17(16(19)12-15)21-11-9-18(5-2,6-3)14-21/h7-8,12,20H,4-6,9-11,13-14H2,1-3H3. The van der Waals surface area contributed by atoms with Gasteiger partial charge < -0.3 is 10.2 Å². The van der Waals surface area contributed by atoms with E-state index in [2.05, 4.69) is 37.1 Å². The molecule has 0 aliphatic carbocycles. The monoisotopic (exact) mass is 292 g/mol. The fraction of sp³-hybridized carbons (Fsp3) is 0.667. The van der Waals surface area contributed by atoms with E-state index >= 15 is 0 Å². The Balaban J connectivity index is 2.04. The van der Waals surface area contributed by atoms with Gasteiger partial charge >= 0.3 is 0 Å². The molecule has 1 aliphatic rings. The predicted molar refractivity (Wildman–Crippen MR) is 88.2 cm³/mol. The molecule has 3 heteroatoms. The van der Waals surface area contributed by atoms with Crippen molar-refractivity contribution >= 4 is 5.69 Å². The summed E-state index contributed by atoms with van der Waals surface area (Å²) in [6.45, 7) is 10.3. The number of anilines is 1. The Morgan fingerprint density at radius 2 is 2.00 bits per heavy atom. The lowest BCUT2D eigenvalue weighted by atomic mass is 9.82. The molecule has 0 bridgehead atoms. The summed E-state index contributed by atoms with van der Waals surface area (Å²) in [5.41, 5.74) is 2.19. The van der Waals surface area contributed by atoms with Gasteiger partial charge in [0.2, 0.25) is 0 Å². The summed E-state index contributed by atoms with van der Waals surface area (Å²) >= 11 is 0. The van der Waals surface area contributed by atoms with Crippen molar-refractivity contribution in [1.82, 2.24) is 5.32 Å². The van der Waals surface area contributed by atoms with Crippen LogP contribution in [-0.4, -0.2) is 19.6 Å². The normalized spacial score (nSPS) is 17.4. The molecule has 0 spiro atoms. The molecule has 0 radical (unpaired) electrons. The first kappa shape index (κ1) is 16.3. The molecule has 0 amide bonds. The molecule has 1 saturated heterocycles. The lowest BCUT2D eigenvalue weighted by Crippen LogP contribution is -2.26. The highest BCUT2D eigenvalue weighted by Gasteiger charge is 2.35. The zero-order valence-corrected chi connectivity index (χ0v) is 13.7. The molecule has 0 saturated carbocycles. The van der Waals surface area contributed by atoms with Crippen molar-refractivity contribution in [2.24, 2.45) is 5.41 Å². The molecule has 1 aliphatic heterocycles. The van der Waals surface area contributed by atoms with Crippen LogP contribution in [0.2, 0.25) is 0 Å². The molecule has 1 fully saturated rings. The van der Waals surface area contributed by atoms with Gasteiger partial charge in [-0.2, -0.15) is 0 Å². The second-order valence-corrected chi connectivity index (χ2v) is 6.34. The van der Waals surface area contributed by atoms with Crippen molar-refractivity contribution in [1.29, 1.82) is 0 Å². The number of hydrogen-bond donors (Lipinski definition) is 1. The highest BCUT2D eigenvalue weighted by molar-refractivity contribution is 5.50. The van der Waals surface area contributed by atoms with E-state index in [9.17, 15) is 4.39 Å². The van der Waals surface area contributed by atoms with Crippen molar-refractivity contribution < 1.29 is 4.39 Å². The van der Waals surface area contributed by atoms with Gasteiger partial charge in [0, 0.05) is 19.6 Å². The molecule has 0 unspecified atom stereocenters. The van der Waals surface area contributed by atoms with Gasteiger partial charge in [0.25, 0.3) is 0 Å². The molecule has 0 aromatic heterocycles. The zero-order valence-electron chi connectivity index (χ0n) is 13.7. The summed E-state index contributed by atoms with van der Waals surface area (Å²) < 4.78 is 14.4. The number of halogens is 1. The van der Waals surface area contributed by atoms with Crippen LogP contribution in [-0.2, 0) is 6.54 Å². The number of rotatable bonds is 7. The third kappa shape index (κ3) is 3.76. The van der Waals surface area contributed by atoms with E-state index in [0.29, 0.717) is 5.41 Å².